The maximum absolute atomic E-state index is 5.26. The van der Waals surface area contributed by atoms with Crippen molar-refractivity contribution in [2.45, 2.75) is 19.5 Å². The Morgan fingerprint density at radius 3 is 2.86 bits per heavy atom. The third-order valence-electron chi connectivity index (χ3n) is 3.61. The van der Waals surface area contributed by atoms with Crippen molar-refractivity contribution >= 4 is 11.0 Å². The van der Waals surface area contributed by atoms with Gasteiger partial charge in [-0.25, -0.2) is 4.98 Å². The van der Waals surface area contributed by atoms with Gasteiger partial charge in [-0.1, -0.05) is 24.3 Å². The summed E-state index contributed by atoms with van der Waals surface area (Å²) in [5.41, 5.74) is 3.28. The lowest BCUT2D eigenvalue weighted by Gasteiger charge is -2.14. The Bertz CT molecular complexity index is 702. The van der Waals surface area contributed by atoms with E-state index in [4.69, 9.17) is 4.74 Å². The lowest BCUT2D eigenvalue weighted by Crippen LogP contribution is -2.18. The number of aromatic nitrogens is 2. The number of hydrogen-bond donors (Lipinski definition) is 2. The van der Waals surface area contributed by atoms with Crippen LogP contribution in [0.5, 0.6) is 5.75 Å². The number of methoxy groups -OCH3 is 1. The number of fused-ring (bicyclic) bond motifs is 1. The van der Waals surface area contributed by atoms with Gasteiger partial charge in [0.2, 0.25) is 0 Å². The Labute approximate surface area is 124 Å². The van der Waals surface area contributed by atoms with Crippen molar-refractivity contribution < 1.29 is 4.74 Å². The predicted octanol–water partition coefficient (Wildman–Crippen LogP) is 3.42. The van der Waals surface area contributed by atoms with Crippen LogP contribution < -0.4 is 10.1 Å². The Balaban J connectivity index is 1.68. The average molecular weight is 281 g/mol. The Morgan fingerprint density at radius 2 is 2.05 bits per heavy atom. The second-order valence-corrected chi connectivity index (χ2v) is 5.08. The number of rotatable bonds is 5. The van der Waals surface area contributed by atoms with E-state index in [0.29, 0.717) is 6.54 Å². The topological polar surface area (TPSA) is 49.9 Å². The van der Waals surface area contributed by atoms with Crippen LogP contribution in [0.15, 0.2) is 48.5 Å². The molecule has 0 aliphatic carbocycles. The van der Waals surface area contributed by atoms with Crippen molar-refractivity contribution in [2.24, 2.45) is 0 Å². The molecule has 0 fully saturated rings. The molecule has 4 heteroatoms. The summed E-state index contributed by atoms with van der Waals surface area (Å²) in [6, 6.07) is 16.4. The zero-order valence-corrected chi connectivity index (χ0v) is 12.3. The monoisotopic (exact) mass is 281 g/mol. The van der Waals surface area contributed by atoms with Gasteiger partial charge in [-0.15, -0.1) is 0 Å². The second-order valence-electron chi connectivity index (χ2n) is 5.08. The fourth-order valence-electron chi connectivity index (χ4n) is 2.37. The summed E-state index contributed by atoms with van der Waals surface area (Å²) in [5.74, 6) is 1.83. The number of nitrogens with zero attached hydrogens (tertiary/aromatic N) is 1. The molecule has 0 aliphatic heterocycles. The third-order valence-corrected chi connectivity index (χ3v) is 3.61. The van der Waals surface area contributed by atoms with Gasteiger partial charge in [0.15, 0.2) is 0 Å². The van der Waals surface area contributed by atoms with E-state index in [-0.39, 0.29) is 6.04 Å². The smallest absolute Gasteiger partial charge is 0.121 e. The minimum atomic E-state index is 0.230. The number of imidazole rings is 1. The maximum Gasteiger partial charge on any atom is 0.121 e. The molecule has 3 rings (SSSR count). The first-order chi connectivity index (χ1) is 10.3. The summed E-state index contributed by atoms with van der Waals surface area (Å²) in [6.07, 6.45) is 0. The molecule has 2 N–H and O–H groups in total. The highest BCUT2D eigenvalue weighted by atomic mass is 16.5. The SMILES string of the molecule is COc1cccc(C(C)NCc2nc3ccccc3[nH]2)c1. The van der Waals surface area contributed by atoms with Gasteiger partial charge >= 0.3 is 0 Å². The first-order valence-electron chi connectivity index (χ1n) is 7.07. The summed E-state index contributed by atoms with van der Waals surface area (Å²) in [5, 5.41) is 3.48. The standard InChI is InChI=1S/C17H19N3O/c1-12(13-6-5-7-14(10-13)21-2)18-11-17-19-15-8-3-4-9-16(15)20-17/h3-10,12,18H,11H2,1-2H3,(H,19,20). The molecule has 1 aromatic heterocycles. The van der Waals surface area contributed by atoms with Gasteiger partial charge in [0.25, 0.3) is 0 Å². The molecule has 0 saturated heterocycles. The third kappa shape index (κ3) is 3.06. The van der Waals surface area contributed by atoms with Gasteiger partial charge in [0.1, 0.15) is 11.6 Å². The molecule has 21 heavy (non-hydrogen) atoms. The quantitative estimate of drug-likeness (QED) is 0.753. The van der Waals surface area contributed by atoms with Crippen molar-refractivity contribution in [3.8, 4) is 5.75 Å². The van der Waals surface area contributed by atoms with Gasteiger partial charge in [-0.3, -0.25) is 0 Å². The fourth-order valence-corrected chi connectivity index (χ4v) is 2.37. The van der Waals surface area contributed by atoms with E-state index < -0.39 is 0 Å². The van der Waals surface area contributed by atoms with E-state index in [9.17, 15) is 0 Å². The predicted molar refractivity (Wildman–Crippen MR) is 84.3 cm³/mol. The molecule has 0 aliphatic rings. The van der Waals surface area contributed by atoms with E-state index >= 15 is 0 Å². The number of ether oxygens (including phenoxy) is 1. The van der Waals surface area contributed by atoms with Crippen LogP contribution in [-0.2, 0) is 6.54 Å². The number of aromatic amines is 1. The molecule has 108 valence electrons. The summed E-state index contributed by atoms with van der Waals surface area (Å²) < 4.78 is 5.26. The maximum atomic E-state index is 5.26. The molecule has 0 radical (unpaired) electrons. The Morgan fingerprint density at radius 1 is 1.19 bits per heavy atom. The largest absolute Gasteiger partial charge is 0.497 e. The minimum absolute atomic E-state index is 0.230. The number of para-hydroxylation sites is 2. The molecule has 0 saturated carbocycles. The van der Waals surface area contributed by atoms with Crippen molar-refractivity contribution in [2.75, 3.05) is 7.11 Å². The number of hydrogen-bond acceptors (Lipinski definition) is 3. The van der Waals surface area contributed by atoms with Crippen LogP contribution >= 0.6 is 0 Å². The van der Waals surface area contributed by atoms with Crippen LogP contribution in [0, 0.1) is 0 Å². The first-order valence-corrected chi connectivity index (χ1v) is 7.07. The number of nitrogens with one attached hydrogen (secondary N) is 2. The molecule has 3 aromatic rings. The average Bonchev–Trinajstić information content (AvgIpc) is 2.95. The van der Waals surface area contributed by atoms with Crippen LogP contribution in [0.3, 0.4) is 0 Å². The zero-order chi connectivity index (χ0) is 14.7. The lowest BCUT2D eigenvalue weighted by molar-refractivity contribution is 0.413. The molecule has 4 nitrogen and oxygen atoms in total. The number of benzene rings is 2. The van der Waals surface area contributed by atoms with Crippen LogP contribution in [0.1, 0.15) is 24.4 Å². The zero-order valence-electron chi connectivity index (χ0n) is 12.3. The van der Waals surface area contributed by atoms with Gasteiger partial charge in [0.05, 0.1) is 24.7 Å². The highest BCUT2D eigenvalue weighted by molar-refractivity contribution is 5.74. The van der Waals surface area contributed by atoms with Crippen LogP contribution in [0.4, 0.5) is 0 Å². The minimum Gasteiger partial charge on any atom is -0.497 e. The van der Waals surface area contributed by atoms with Crippen LogP contribution in [0.25, 0.3) is 11.0 Å². The molecule has 1 atom stereocenters. The molecular formula is C17H19N3O. The Kier molecular flexibility index (Phi) is 3.88. The highest BCUT2D eigenvalue weighted by Crippen LogP contribution is 2.19. The van der Waals surface area contributed by atoms with Gasteiger partial charge in [-0.05, 0) is 36.8 Å². The summed E-state index contributed by atoms with van der Waals surface area (Å²) in [4.78, 5) is 7.90. The van der Waals surface area contributed by atoms with E-state index in [0.717, 1.165) is 22.6 Å². The van der Waals surface area contributed by atoms with E-state index in [1.807, 2.05) is 36.4 Å². The van der Waals surface area contributed by atoms with Gasteiger partial charge < -0.3 is 15.0 Å². The van der Waals surface area contributed by atoms with E-state index in [2.05, 4.69) is 34.3 Å². The van der Waals surface area contributed by atoms with E-state index in [1.54, 1.807) is 7.11 Å². The molecule has 0 spiro atoms. The van der Waals surface area contributed by atoms with Crippen molar-refractivity contribution in [3.63, 3.8) is 0 Å². The molecule has 0 bridgehead atoms. The summed E-state index contributed by atoms with van der Waals surface area (Å²) >= 11 is 0. The summed E-state index contributed by atoms with van der Waals surface area (Å²) in [7, 11) is 1.69. The highest BCUT2D eigenvalue weighted by Gasteiger charge is 2.08. The van der Waals surface area contributed by atoms with Crippen LogP contribution in [0.2, 0.25) is 0 Å². The molecule has 0 amide bonds. The Hall–Kier alpha value is -2.33. The van der Waals surface area contributed by atoms with Crippen molar-refractivity contribution in [1.29, 1.82) is 0 Å². The molecular weight excluding hydrogens is 262 g/mol. The van der Waals surface area contributed by atoms with Crippen LogP contribution in [-0.4, -0.2) is 17.1 Å². The normalized spacial score (nSPS) is 12.5. The molecule has 1 unspecified atom stereocenters. The number of H-pyrrole nitrogens is 1. The lowest BCUT2D eigenvalue weighted by atomic mass is 10.1. The molecule has 1 heterocycles. The first kappa shape index (κ1) is 13.6. The second kappa shape index (κ2) is 5.97. The van der Waals surface area contributed by atoms with Crippen molar-refractivity contribution in [3.05, 3.63) is 59.9 Å². The van der Waals surface area contributed by atoms with Gasteiger partial charge in [0, 0.05) is 6.04 Å². The summed E-state index contributed by atoms with van der Waals surface area (Å²) in [6.45, 7) is 2.84. The van der Waals surface area contributed by atoms with Gasteiger partial charge in [-0.2, -0.15) is 0 Å². The fraction of sp³-hybridized carbons (Fsp3) is 0.235. The molecule has 2 aromatic carbocycles. The van der Waals surface area contributed by atoms with E-state index in [1.165, 1.54) is 5.56 Å². The van der Waals surface area contributed by atoms with Crippen molar-refractivity contribution in [1.82, 2.24) is 15.3 Å².